The fraction of sp³-hybridized carbons (Fsp3) is 0. The summed E-state index contributed by atoms with van der Waals surface area (Å²) in [4.78, 5) is 15.3. The van der Waals surface area contributed by atoms with Gasteiger partial charge in [0.15, 0.2) is 0 Å². The van der Waals surface area contributed by atoms with Crippen molar-refractivity contribution in [3.05, 3.63) is 66.1 Å². The van der Waals surface area contributed by atoms with Crippen molar-refractivity contribution in [2.24, 2.45) is 0 Å². The van der Waals surface area contributed by atoms with Crippen molar-refractivity contribution in [2.45, 2.75) is 0 Å². The molecule has 112 valence electrons. The molecule has 0 spiro atoms. The minimum Gasteiger partial charge on any atom is -0.478 e. The first-order valence-electron chi connectivity index (χ1n) is 6.92. The molecule has 0 fully saturated rings. The van der Waals surface area contributed by atoms with Gasteiger partial charge in [-0.05, 0) is 29.1 Å². The average molecular weight is 321 g/mol. The zero-order chi connectivity index (χ0) is 15.8. The molecule has 4 aromatic rings. The molecule has 0 bridgehead atoms. The molecule has 0 saturated heterocycles. The number of carbonyl (C=O) groups is 1. The lowest BCUT2D eigenvalue weighted by Crippen LogP contribution is -1.96. The summed E-state index contributed by atoms with van der Waals surface area (Å²) < 4.78 is 2.70. The molecule has 3 heterocycles. The Morgan fingerprint density at radius 1 is 1.17 bits per heavy atom. The van der Waals surface area contributed by atoms with Crippen LogP contribution in [0.4, 0.5) is 0 Å². The normalized spacial score (nSPS) is 11.0. The van der Waals surface area contributed by atoms with E-state index in [1.165, 1.54) is 12.4 Å². The van der Waals surface area contributed by atoms with E-state index in [-0.39, 0.29) is 5.56 Å². The van der Waals surface area contributed by atoms with E-state index < -0.39 is 5.97 Å². The Morgan fingerprint density at radius 2 is 2.09 bits per heavy atom. The van der Waals surface area contributed by atoms with E-state index >= 15 is 0 Å². The number of aromatic nitrogens is 3. The second kappa shape index (κ2) is 5.33. The van der Waals surface area contributed by atoms with Crippen molar-refractivity contribution in [3.63, 3.8) is 0 Å². The van der Waals surface area contributed by atoms with E-state index in [1.54, 1.807) is 16.0 Å². The van der Waals surface area contributed by atoms with Gasteiger partial charge >= 0.3 is 5.97 Å². The highest BCUT2D eigenvalue weighted by Gasteiger charge is 2.09. The van der Waals surface area contributed by atoms with Gasteiger partial charge in [-0.3, -0.25) is 4.98 Å². The summed E-state index contributed by atoms with van der Waals surface area (Å²) in [5.41, 5.74) is 3.04. The first kappa shape index (κ1) is 13.7. The van der Waals surface area contributed by atoms with Crippen LogP contribution in [-0.4, -0.2) is 25.8 Å². The number of thiophene rings is 1. The SMILES string of the molecule is O=C(O)c1cnn(-c2cccc(-c3cncc4sccc34)c2)c1. The van der Waals surface area contributed by atoms with E-state index in [4.69, 9.17) is 5.11 Å². The molecule has 0 saturated carbocycles. The summed E-state index contributed by atoms with van der Waals surface area (Å²) in [6.07, 6.45) is 6.56. The van der Waals surface area contributed by atoms with Crippen LogP contribution < -0.4 is 0 Å². The minimum atomic E-state index is -0.986. The second-order valence-electron chi connectivity index (χ2n) is 5.05. The van der Waals surface area contributed by atoms with Crippen molar-refractivity contribution in [2.75, 3.05) is 0 Å². The van der Waals surface area contributed by atoms with Crippen LogP contribution in [0.3, 0.4) is 0 Å². The molecule has 0 unspecified atom stereocenters. The highest BCUT2D eigenvalue weighted by atomic mass is 32.1. The van der Waals surface area contributed by atoms with Crippen LogP contribution in [0.1, 0.15) is 10.4 Å². The molecule has 1 N–H and O–H groups in total. The van der Waals surface area contributed by atoms with Gasteiger partial charge in [0, 0.05) is 29.5 Å². The number of rotatable bonds is 3. The molecule has 1 aromatic carbocycles. The molecule has 3 aromatic heterocycles. The fourth-order valence-corrected chi connectivity index (χ4v) is 3.29. The zero-order valence-electron chi connectivity index (χ0n) is 11.9. The van der Waals surface area contributed by atoms with Crippen LogP contribution in [0.2, 0.25) is 0 Å². The number of aromatic carboxylic acids is 1. The van der Waals surface area contributed by atoms with Crippen LogP contribution in [0.15, 0.2) is 60.5 Å². The summed E-state index contributed by atoms with van der Waals surface area (Å²) in [6.45, 7) is 0. The Morgan fingerprint density at radius 3 is 2.91 bits per heavy atom. The molecule has 23 heavy (non-hydrogen) atoms. The molecule has 6 heteroatoms. The predicted octanol–water partition coefficient (Wildman–Crippen LogP) is 3.85. The van der Waals surface area contributed by atoms with Crippen molar-refractivity contribution in [1.29, 1.82) is 0 Å². The molecule has 0 aliphatic heterocycles. The number of hydrogen-bond donors (Lipinski definition) is 1. The highest BCUT2D eigenvalue weighted by Crippen LogP contribution is 2.31. The lowest BCUT2D eigenvalue weighted by atomic mass is 10.0. The monoisotopic (exact) mass is 321 g/mol. The molecule has 5 nitrogen and oxygen atoms in total. The third kappa shape index (κ3) is 2.39. The fourth-order valence-electron chi connectivity index (χ4n) is 2.51. The maximum atomic E-state index is 11.0. The van der Waals surface area contributed by atoms with Crippen LogP contribution in [-0.2, 0) is 0 Å². The molecular formula is C17H11N3O2S. The standard InChI is InChI=1S/C17H11N3O2S/c21-17(22)12-7-19-20(10-12)13-3-1-2-11(6-13)15-8-18-9-16-14(15)4-5-23-16/h1-10H,(H,21,22). The number of carboxylic acids is 1. The van der Waals surface area contributed by atoms with E-state index in [2.05, 4.69) is 16.1 Å². The quantitative estimate of drug-likeness (QED) is 0.622. The van der Waals surface area contributed by atoms with Gasteiger partial charge in [-0.1, -0.05) is 12.1 Å². The minimum absolute atomic E-state index is 0.164. The zero-order valence-corrected chi connectivity index (χ0v) is 12.7. The largest absolute Gasteiger partial charge is 0.478 e. The van der Waals surface area contributed by atoms with Gasteiger partial charge in [-0.15, -0.1) is 11.3 Å². The van der Waals surface area contributed by atoms with E-state index in [9.17, 15) is 4.79 Å². The van der Waals surface area contributed by atoms with Crippen molar-refractivity contribution in [3.8, 4) is 16.8 Å². The van der Waals surface area contributed by atoms with Crippen molar-refractivity contribution >= 4 is 27.4 Å². The molecule has 0 aliphatic carbocycles. The van der Waals surface area contributed by atoms with Gasteiger partial charge in [0.2, 0.25) is 0 Å². The summed E-state index contributed by atoms with van der Waals surface area (Å²) in [6, 6.07) is 9.90. The number of pyridine rings is 1. The van der Waals surface area contributed by atoms with Crippen LogP contribution in [0, 0.1) is 0 Å². The molecular weight excluding hydrogens is 310 g/mol. The van der Waals surface area contributed by atoms with Crippen LogP contribution >= 0.6 is 11.3 Å². The van der Waals surface area contributed by atoms with Gasteiger partial charge < -0.3 is 5.11 Å². The topological polar surface area (TPSA) is 68.0 Å². The Hall–Kier alpha value is -2.99. The average Bonchev–Trinajstić information content (AvgIpc) is 3.24. The first-order valence-corrected chi connectivity index (χ1v) is 7.80. The Bertz CT molecular complexity index is 1020. The lowest BCUT2D eigenvalue weighted by Gasteiger charge is -2.06. The number of benzene rings is 1. The maximum absolute atomic E-state index is 11.0. The first-order chi connectivity index (χ1) is 11.2. The highest BCUT2D eigenvalue weighted by molar-refractivity contribution is 7.17. The summed E-state index contributed by atoms with van der Waals surface area (Å²) in [5.74, 6) is -0.986. The molecule has 0 radical (unpaired) electrons. The van der Waals surface area contributed by atoms with Gasteiger partial charge in [0.05, 0.1) is 22.1 Å². The molecule has 0 atom stereocenters. The number of hydrogen-bond acceptors (Lipinski definition) is 4. The van der Waals surface area contributed by atoms with Crippen molar-refractivity contribution in [1.82, 2.24) is 14.8 Å². The molecule has 0 aliphatic rings. The van der Waals surface area contributed by atoms with E-state index in [0.29, 0.717) is 0 Å². The molecule has 4 rings (SSSR count). The lowest BCUT2D eigenvalue weighted by molar-refractivity contribution is 0.0697. The van der Waals surface area contributed by atoms with Gasteiger partial charge in [0.25, 0.3) is 0 Å². The smallest absolute Gasteiger partial charge is 0.338 e. The summed E-state index contributed by atoms with van der Waals surface area (Å²) in [7, 11) is 0. The number of nitrogens with zero attached hydrogens (tertiary/aromatic N) is 3. The summed E-state index contributed by atoms with van der Waals surface area (Å²) >= 11 is 1.66. The van der Waals surface area contributed by atoms with Gasteiger partial charge in [0.1, 0.15) is 0 Å². The van der Waals surface area contributed by atoms with Crippen LogP contribution in [0.5, 0.6) is 0 Å². The van der Waals surface area contributed by atoms with E-state index in [0.717, 1.165) is 26.9 Å². The van der Waals surface area contributed by atoms with Gasteiger partial charge in [-0.25, -0.2) is 9.48 Å². The van der Waals surface area contributed by atoms with E-state index in [1.807, 2.05) is 42.0 Å². The number of fused-ring (bicyclic) bond motifs is 1. The third-order valence-electron chi connectivity index (χ3n) is 3.63. The Kier molecular flexibility index (Phi) is 3.17. The third-order valence-corrected chi connectivity index (χ3v) is 4.48. The molecule has 0 amide bonds. The van der Waals surface area contributed by atoms with Crippen molar-refractivity contribution < 1.29 is 9.90 Å². The maximum Gasteiger partial charge on any atom is 0.338 e. The van der Waals surface area contributed by atoms with Gasteiger partial charge in [-0.2, -0.15) is 5.10 Å². The second-order valence-corrected chi connectivity index (χ2v) is 6.00. The Labute approximate surface area is 135 Å². The predicted molar refractivity (Wildman–Crippen MR) is 89.1 cm³/mol. The Balaban J connectivity index is 1.82. The number of carboxylic acid groups (broad SMARTS) is 1. The van der Waals surface area contributed by atoms with Crippen LogP contribution in [0.25, 0.3) is 26.9 Å². The summed E-state index contributed by atoms with van der Waals surface area (Å²) in [5, 5.41) is 16.3.